The summed E-state index contributed by atoms with van der Waals surface area (Å²) in [6.07, 6.45) is 3.55. The van der Waals surface area contributed by atoms with E-state index in [0.29, 0.717) is 0 Å². The van der Waals surface area contributed by atoms with E-state index in [2.05, 4.69) is 41.6 Å². The van der Waals surface area contributed by atoms with Gasteiger partial charge in [0.05, 0.1) is 19.9 Å². The molecule has 5 nitrogen and oxygen atoms in total. The lowest BCUT2D eigenvalue weighted by Gasteiger charge is -2.18. The highest BCUT2D eigenvalue weighted by Gasteiger charge is 2.10. The third-order valence-electron chi connectivity index (χ3n) is 3.12. The monoisotopic (exact) mass is 260 g/mol. The zero-order valence-corrected chi connectivity index (χ0v) is 11.6. The van der Waals surface area contributed by atoms with Gasteiger partial charge in [0.1, 0.15) is 5.75 Å². The van der Waals surface area contributed by atoms with E-state index in [-0.39, 0.29) is 6.04 Å². The summed E-state index contributed by atoms with van der Waals surface area (Å²) < 4.78 is 7.22. The Morgan fingerprint density at radius 3 is 2.95 bits per heavy atom. The van der Waals surface area contributed by atoms with Crippen LogP contribution in [0.5, 0.6) is 5.75 Å². The topological polar surface area (TPSA) is 52.0 Å². The lowest BCUT2D eigenvalue weighted by atomic mass is 10.0. The van der Waals surface area contributed by atoms with Gasteiger partial charge in [0.2, 0.25) is 0 Å². The standard InChI is InChI=1S/C14H20N4O/c1-11-4-5-14(19-3)13(10-11)12(2)15-6-8-18-9-7-16-17-18/h4-5,7,9-10,12,15H,6,8H2,1-3H3. The lowest BCUT2D eigenvalue weighted by molar-refractivity contribution is 0.399. The smallest absolute Gasteiger partial charge is 0.123 e. The lowest BCUT2D eigenvalue weighted by Crippen LogP contribution is -2.24. The van der Waals surface area contributed by atoms with Gasteiger partial charge in [-0.3, -0.25) is 4.68 Å². The number of hydrogen-bond acceptors (Lipinski definition) is 4. The molecule has 0 amide bonds. The summed E-state index contributed by atoms with van der Waals surface area (Å²) in [5.74, 6) is 0.923. The molecule has 0 fully saturated rings. The molecule has 0 radical (unpaired) electrons. The third kappa shape index (κ3) is 3.54. The molecule has 0 aliphatic carbocycles. The molecular weight excluding hydrogens is 240 g/mol. The van der Waals surface area contributed by atoms with Crippen LogP contribution < -0.4 is 10.1 Å². The number of methoxy groups -OCH3 is 1. The molecule has 19 heavy (non-hydrogen) atoms. The van der Waals surface area contributed by atoms with Crippen LogP contribution in [0.2, 0.25) is 0 Å². The fourth-order valence-electron chi connectivity index (χ4n) is 2.05. The predicted molar refractivity (Wildman–Crippen MR) is 74.2 cm³/mol. The number of aromatic nitrogens is 3. The molecular formula is C14H20N4O. The number of rotatable bonds is 6. The number of ether oxygens (including phenoxy) is 1. The van der Waals surface area contributed by atoms with Crippen LogP contribution in [-0.2, 0) is 6.54 Å². The van der Waals surface area contributed by atoms with E-state index in [4.69, 9.17) is 4.74 Å². The van der Waals surface area contributed by atoms with Crippen molar-refractivity contribution in [1.82, 2.24) is 20.3 Å². The molecule has 0 aliphatic heterocycles. The Bertz CT molecular complexity index is 510. The normalized spacial score (nSPS) is 12.4. The predicted octanol–water partition coefficient (Wildman–Crippen LogP) is 1.95. The van der Waals surface area contributed by atoms with E-state index in [0.717, 1.165) is 18.8 Å². The van der Waals surface area contributed by atoms with Gasteiger partial charge in [-0.2, -0.15) is 0 Å². The summed E-state index contributed by atoms with van der Waals surface area (Å²) in [6, 6.07) is 6.47. The maximum Gasteiger partial charge on any atom is 0.123 e. The quantitative estimate of drug-likeness (QED) is 0.862. The SMILES string of the molecule is COc1ccc(C)cc1C(C)NCCn1ccnn1. The molecule has 2 rings (SSSR count). The number of hydrogen-bond donors (Lipinski definition) is 1. The Labute approximate surface area is 113 Å². The number of benzene rings is 1. The Kier molecular flexibility index (Phi) is 4.52. The summed E-state index contributed by atoms with van der Waals surface area (Å²) in [5, 5.41) is 11.2. The molecule has 1 aromatic carbocycles. The minimum absolute atomic E-state index is 0.235. The molecule has 1 atom stereocenters. The molecule has 0 spiro atoms. The van der Waals surface area contributed by atoms with Gasteiger partial charge >= 0.3 is 0 Å². The molecule has 0 aliphatic rings. The highest BCUT2D eigenvalue weighted by atomic mass is 16.5. The molecule has 0 bridgehead atoms. The van der Waals surface area contributed by atoms with Crippen molar-refractivity contribution in [3.05, 3.63) is 41.7 Å². The van der Waals surface area contributed by atoms with Gasteiger partial charge in [-0.25, -0.2) is 0 Å². The van der Waals surface area contributed by atoms with Crippen molar-refractivity contribution in [3.63, 3.8) is 0 Å². The minimum Gasteiger partial charge on any atom is -0.496 e. The highest BCUT2D eigenvalue weighted by molar-refractivity contribution is 5.38. The fourth-order valence-corrected chi connectivity index (χ4v) is 2.05. The largest absolute Gasteiger partial charge is 0.496 e. The van der Waals surface area contributed by atoms with Gasteiger partial charge in [0, 0.05) is 24.3 Å². The Balaban J connectivity index is 1.95. The second kappa shape index (κ2) is 6.33. The summed E-state index contributed by atoms with van der Waals surface area (Å²) in [5.41, 5.74) is 2.42. The van der Waals surface area contributed by atoms with Crippen LogP contribution in [0.25, 0.3) is 0 Å². The van der Waals surface area contributed by atoms with Crippen molar-refractivity contribution in [2.75, 3.05) is 13.7 Å². The van der Waals surface area contributed by atoms with E-state index < -0.39 is 0 Å². The molecule has 0 saturated carbocycles. The van der Waals surface area contributed by atoms with Crippen molar-refractivity contribution in [3.8, 4) is 5.75 Å². The van der Waals surface area contributed by atoms with Gasteiger partial charge in [0.15, 0.2) is 0 Å². The summed E-state index contributed by atoms with van der Waals surface area (Å²) in [7, 11) is 1.70. The first kappa shape index (κ1) is 13.5. The van der Waals surface area contributed by atoms with Crippen molar-refractivity contribution in [2.24, 2.45) is 0 Å². The average molecular weight is 260 g/mol. The van der Waals surface area contributed by atoms with Crippen LogP contribution in [0.1, 0.15) is 24.1 Å². The maximum atomic E-state index is 5.41. The number of nitrogens with one attached hydrogen (secondary N) is 1. The Morgan fingerprint density at radius 2 is 2.26 bits per heavy atom. The van der Waals surface area contributed by atoms with Gasteiger partial charge in [-0.05, 0) is 19.9 Å². The van der Waals surface area contributed by atoms with Gasteiger partial charge in [0.25, 0.3) is 0 Å². The first-order chi connectivity index (χ1) is 9.20. The van der Waals surface area contributed by atoms with E-state index >= 15 is 0 Å². The first-order valence-corrected chi connectivity index (χ1v) is 6.42. The molecule has 2 aromatic rings. The van der Waals surface area contributed by atoms with Crippen LogP contribution in [0.4, 0.5) is 0 Å². The molecule has 0 saturated heterocycles. The summed E-state index contributed by atoms with van der Waals surface area (Å²) in [4.78, 5) is 0. The molecule has 5 heteroatoms. The van der Waals surface area contributed by atoms with Gasteiger partial charge in [-0.15, -0.1) is 5.10 Å². The van der Waals surface area contributed by atoms with Crippen LogP contribution in [0.15, 0.2) is 30.6 Å². The van der Waals surface area contributed by atoms with Gasteiger partial charge < -0.3 is 10.1 Å². The van der Waals surface area contributed by atoms with Gasteiger partial charge in [-0.1, -0.05) is 22.9 Å². The maximum absolute atomic E-state index is 5.41. The van der Waals surface area contributed by atoms with Crippen molar-refractivity contribution in [1.29, 1.82) is 0 Å². The van der Waals surface area contributed by atoms with Crippen molar-refractivity contribution >= 4 is 0 Å². The highest BCUT2D eigenvalue weighted by Crippen LogP contribution is 2.25. The van der Waals surface area contributed by atoms with E-state index in [1.165, 1.54) is 11.1 Å². The Hall–Kier alpha value is -1.88. The number of aryl methyl sites for hydroxylation is 1. The number of nitrogens with zero attached hydrogens (tertiary/aromatic N) is 3. The minimum atomic E-state index is 0.235. The van der Waals surface area contributed by atoms with Crippen LogP contribution in [0.3, 0.4) is 0 Å². The molecule has 1 heterocycles. The zero-order chi connectivity index (χ0) is 13.7. The zero-order valence-electron chi connectivity index (χ0n) is 11.6. The summed E-state index contributed by atoms with van der Waals surface area (Å²) in [6.45, 7) is 5.86. The molecule has 1 unspecified atom stereocenters. The van der Waals surface area contributed by atoms with E-state index in [1.54, 1.807) is 13.3 Å². The molecule has 1 aromatic heterocycles. The fraction of sp³-hybridized carbons (Fsp3) is 0.429. The van der Waals surface area contributed by atoms with Crippen molar-refractivity contribution in [2.45, 2.75) is 26.4 Å². The first-order valence-electron chi connectivity index (χ1n) is 6.42. The van der Waals surface area contributed by atoms with E-state index in [1.807, 2.05) is 16.9 Å². The van der Waals surface area contributed by atoms with Crippen molar-refractivity contribution < 1.29 is 4.74 Å². The molecule has 1 N–H and O–H groups in total. The second-order valence-corrected chi connectivity index (χ2v) is 4.59. The van der Waals surface area contributed by atoms with E-state index in [9.17, 15) is 0 Å². The Morgan fingerprint density at radius 1 is 1.42 bits per heavy atom. The third-order valence-corrected chi connectivity index (χ3v) is 3.12. The van der Waals surface area contributed by atoms with Crippen LogP contribution in [0, 0.1) is 6.92 Å². The molecule has 102 valence electrons. The average Bonchev–Trinajstić information content (AvgIpc) is 2.91. The van der Waals surface area contributed by atoms with Crippen LogP contribution >= 0.6 is 0 Å². The summed E-state index contributed by atoms with van der Waals surface area (Å²) >= 11 is 0. The van der Waals surface area contributed by atoms with Crippen LogP contribution in [-0.4, -0.2) is 28.6 Å². The second-order valence-electron chi connectivity index (χ2n) is 4.59.